The van der Waals surface area contributed by atoms with Crippen molar-refractivity contribution in [1.82, 2.24) is 0 Å². The minimum absolute atomic E-state index is 0.0148. The van der Waals surface area contributed by atoms with Crippen molar-refractivity contribution in [3.63, 3.8) is 0 Å². The fourth-order valence-electron chi connectivity index (χ4n) is 1.36. The molecule has 19 heavy (non-hydrogen) atoms. The van der Waals surface area contributed by atoms with Gasteiger partial charge in [0.1, 0.15) is 6.61 Å². The second-order valence-electron chi connectivity index (χ2n) is 4.23. The molecular weight excluding hydrogens is 254 g/mol. The van der Waals surface area contributed by atoms with E-state index in [9.17, 15) is 14.0 Å². The molecule has 6 heteroatoms. The molecule has 5 nitrogen and oxygen atoms in total. The lowest BCUT2D eigenvalue weighted by molar-refractivity contribution is -0.161. The van der Waals surface area contributed by atoms with Crippen LogP contribution in [0.2, 0.25) is 0 Å². The highest BCUT2D eigenvalue weighted by Crippen LogP contribution is 2.04. The maximum atomic E-state index is 11.8. The Morgan fingerprint density at radius 3 is 2.42 bits per heavy atom. The normalized spacial score (nSPS) is 11.9. The average Bonchev–Trinajstić information content (AvgIpc) is 2.41. The van der Waals surface area contributed by atoms with E-state index in [1.165, 1.54) is 0 Å². The van der Waals surface area contributed by atoms with Gasteiger partial charge in [0.05, 0.1) is 13.3 Å². The summed E-state index contributed by atoms with van der Waals surface area (Å²) in [5.74, 6) is -0.967. The van der Waals surface area contributed by atoms with E-state index in [0.29, 0.717) is 6.42 Å². The van der Waals surface area contributed by atoms with Crippen molar-refractivity contribution < 1.29 is 28.6 Å². The highest BCUT2D eigenvalue weighted by molar-refractivity contribution is 5.70. The van der Waals surface area contributed by atoms with Crippen LogP contribution in [-0.2, 0) is 19.1 Å². The molecule has 0 aliphatic heterocycles. The first-order valence-electron chi connectivity index (χ1n) is 6.66. The molecule has 1 atom stereocenters. The van der Waals surface area contributed by atoms with E-state index in [0.717, 1.165) is 19.3 Å². The van der Waals surface area contributed by atoms with Crippen LogP contribution in [0.1, 0.15) is 45.4 Å². The van der Waals surface area contributed by atoms with Gasteiger partial charge in [0.15, 0.2) is 6.10 Å². The Kier molecular flexibility index (Phi) is 11.2. The molecule has 0 aromatic heterocycles. The summed E-state index contributed by atoms with van der Waals surface area (Å²) in [6.45, 7) is 0.848. The lowest BCUT2D eigenvalue weighted by Gasteiger charge is -2.15. The van der Waals surface area contributed by atoms with E-state index in [1.807, 2.05) is 6.92 Å². The van der Waals surface area contributed by atoms with Crippen molar-refractivity contribution in [1.29, 1.82) is 0 Å². The Morgan fingerprint density at radius 1 is 1.16 bits per heavy atom. The van der Waals surface area contributed by atoms with Gasteiger partial charge in [0, 0.05) is 12.8 Å². The maximum Gasteiger partial charge on any atom is 0.306 e. The molecule has 1 N–H and O–H groups in total. The monoisotopic (exact) mass is 277 g/mol. The second-order valence-corrected chi connectivity index (χ2v) is 4.23. The first-order valence-corrected chi connectivity index (χ1v) is 6.66. The molecule has 0 aliphatic carbocycles. The number of aliphatic hydroxyl groups is 1. The number of esters is 2. The van der Waals surface area contributed by atoms with Gasteiger partial charge in [-0.3, -0.25) is 14.0 Å². The number of hydrogen-bond acceptors (Lipinski definition) is 5. The molecular formula is C13H23FO5. The van der Waals surface area contributed by atoms with Crippen LogP contribution >= 0.6 is 0 Å². The smallest absolute Gasteiger partial charge is 0.306 e. The molecule has 0 aliphatic rings. The summed E-state index contributed by atoms with van der Waals surface area (Å²) in [7, 11) is 0. The maximum absolute atomic E-state index is 11.8. The third-order valence-electron chi connectivity index (χ3n) is 2.43. The van der Waals surface area contributed by atoms with Crippen LogP contribution in [-0.4, -0.2) is 43.0 Å². The van der Waals surface area contributed by atoms with Crippen LogP contribution in [0.3, 0.4) is 0 Å². The highest BCUT2D eigenvalue weighted by Gasteiger charge is 2.15. The minimum Gasteiger partial charge on any atom is -0.462 e. The molecule has 112 valence electrons. The number of ether oxygens (including phenoxy) is 2. The van der Waals surface area contributed by atoms with Gasteiger partial charge in [-0.1, -0.05) is 19.8 Å². The molecule has 0 fully saturated rings. The Hall–Kier alpha value is -1.17. The Bertz CT molecular complexity index is 257. The van der Waals surface area contributed by atoms with E-state index in [-0.39, 0.29) is 19.4 Å². The summed E-state index contributed by atoms with van der Waals surface area (Å²) < 4.78 is 21.6. The fraction of sp³-hybridized carbons (Fsp3) is 0.846. The predicted molar refractivity (Wildman–Crippen MR) is 67.3 cm³/mol. The zero-order chi connectivity index (χ0) is 14.5. The Morgan fingerprint density at radius 2 is 1.84 bits per heavy atom. The fourth-order valence-corrected chi connectivity index (χ4v) is 1.36. The van der Waals surface area contributed by atoms with E-state index >= 15 is 0 Å². The van der Waals surface area contributed by atoms with Crippen molar-refractivity contribution >= 4 is 11.9 Å². The third-order valence-corrected chi connectivity index (χ3v) is 2.43. The number of rotatable bonds is 11. The summed E-state index contributed by atoms with van der Waals surface area (Å²) in [5.41, 5.74) is 0. The van der Waals surface area contributed by atoms with E-state index in [1.54, 1.807) is 0 Å². The average molecular weight is 277 g/mol. The lowest BCUT2D eigenvalue weighted by Crippen LogP contribution is -2.28. The first-order chi connectivity index (χ1) is 9.13. The lowest BCUT2D eigenvalue weighted by atomic mass is 10.2. The molecule has 0 aromatic rings. The Balaban J connectivity index is 3.81. The van der Waals surface area contributed by atoms with E-state index < -0.39 is 31.3 Å². The molecule has 0 rings (SSSR count). The zero-order valence-corrected chi connectivity index (χ0v) is 11.4. The van der Waals surface area contributed by atoms with E-state index in [4.69, 9.17) is 14.6 Å². The molecule has 0 saturated heterocycles. The number of carbonyl (C=O) groups excluding carboxylic acids is 2. The van der Waals surface area contributed by atoms with Crippen molar-refractivity contribution in [2.45, 2.75) is 51.6 Å². The third kappa shape index (κ3) is 10.4. The van der Waals surface area contributed by atoms with Gasteiger partial charge in [-0.2, -0.15) is 0 Å². The molecule has 0 aromatic carbocycles. The number of unbranched alkanes of at least 4 members (excludes halogenated alkanes) is 2. The van der Waals surface area contributed by atoms with Crippen molar-refractivity contribution in [3.05, 3.63) is 0 Å². The van der Waals surface area contributed by atoms with Crippen molar-refractivity contribution in [2.75, 3.05) is 19.9 Å². The number of aliphatic hydroxyl groups excluding tert-OH is 1. The minimum atomic E-state index is -0.844. The van der Waals surface area contributed by atoms with Crippen LogP contribution in [0.15, 0.2) is 0 Å². The Labute approximate surface area is 113 Å². The summed E-state index contributed by atoms with van der Waals surface area (Å²) in [6.07, 6.45) is 2.23. The summed E-state index contributed by atoms with van der Waals surface area (Å²) in [4.78, 5) is 22.5. The molecule has 0 bridgehead atoms. The van der Waals surface area contributed by atoms with Crippen LogP contribution in [0.25, 0.3) is 0 Å². The van der Waals surface area contributed by atoms with Gasteiger partial charge in [0.2, 0.25) is 0 Å². The van der Waals surface area contributed by atoms with Gasteiger partial charge in [-0.15, -0.1) is 0 Å². The van der Waals surface area contributed by atoms with Gasteiger partial charge in [0.25, 0.3) is 0 Å². The second kappa shape index (κ2) is 11.9. The number of carbonyl (C=O) groups is 2. The van der Waals surface area contributed by atoms with Gasteiger partial charge < -0.3 is 14.6 Å². The van der Waals surface area contributed by atoms with E-state index in [2.05, 4.69) is 0 Å². The zero-order valence-electron chi connectivity index (χ0n) is 11.4. The van der Waals surface area contributed by atoms with Crippen LogP contribution in [0.5, 0.6) is 0 Å². The largest absolute Gasteiger partial charge is 0.462 e. The standard InChI is InChI=1S/C13H23FO5/c1-2-3-4-6-13(17)19-11(9-15)10-18-12(16)7-5-8-14/h11,15H,2-10H2,1H3/i14-1. The summed E-state index contributed by atoms with van der Waals surface area (Å²) >= 11 is 0. The number of hydrogen-bond donors (Lipinski definition) is 1. The van der Waals surface area contributed by atoms with Crippen LogP contribution in [0, 0.1) is 0 Å². The number of halogens is 1. The molecule has 0 radical (unpaired) electrons. The van der Waals surface area contributed by atoms with Gasteiger partial charge >= 0.3 is 11.9 Å². The molecule has 0 spiro atoms. The SMILES string of the molecule is CCCCCC(=O)OC(CO)COC(=O)CCC[18F]. The first kappa shape index (κ1) is 17.8. The topological polar surface area (TPSA) is 72.8 Å². The molecule has 0 heterocycles. The highest BCUT2D eigenvalue weighted by atomic mass is 18.2. The van der Waals surface area contributed by atoms with Crippen LogP contribution < -0.4 is 0 Å². The molecule has 0 saturated carbocycles. The predicted octanol–water partition coefficient (Wildman–Crippen LogP) is 1.76. The van der Waals surface area contributed by atoms with Crippen molar-refractivity contribution in [2.24, 2.45) is 0 Å². The van der Waals surface area contributed by atoms with Gasteiger partial charge in [-0.05, 0) is 12.8 Å². The van der Waals surface area contributed by atoms with Gasteiger partial charge in [-0.25, -0.2) is 0 Å². The van der Waals surface area contributed by atoms with Crippen molar-refractivity contribution in [3.8, 4) is 0 Å². The summed E-state index contributed by atoms with van der Waals surface area (Å²) in [6, 6.07) is 0. The molecule has 1 unspecified atom stereocenters. The van der Waals surface area contributed by atoms with Crippen LogP contribution in [0.4, 0.5) is 4.39 Å². The summed E-state index contributed by atoms with van der Waals surface area (Å²) in [5, 5.41) is 9.01. The number of alkyl halides is 1. The quantitative estimate of drug-likeness (QED) is 0.460. The molecule has 0 amide bonds.